The van der Waals surface area contributed by atoms with Gasteiger partial charge in [-0.25, -0.2) is 4.98 Å². The number of rotatable bonds is 2. The van der Waals surface area contributed by atoms with Gasteiger partial charge in [0.1, 0.15) is 0 Å². The van der Waals surface area contributed by atoms with Crippen molar-refractivity contribution in [1.29, 1.82) is 0 Å². The van der Waals surface area contributed by atoms with Crippen molar-refractivity contribution in [2.24, 2.45) is 0 Å². The first kappa shape index (κ1) is 2.73. The fraction of sp³-hybridized carbons (Fsp3) is 0.375. The largest absolute Gasteiger partial charge is 0.481 e. The average Bonchev–Trinajstić information content (AvgIpc) is 2.16. The summed E-state index contributed by atoms with van der Waals surface area (Å²) >= 11 is 3.03. The number of methoxy groups -OCH3 is 1. The van der Waals surface area contributed by atoms with Crippen LogP contribution in [0.25, 0.3) is 0 Å². The first-order valence-electron chi connectivity index (χ1n) is 6.70. The van der Waals surface area contributed by atoms with Crippen molar-refractivity contribution in [3.05, 3.63) is 22.3 Å². The Hall–Kier alpha value is -0.570. The van der Waals surface area contributed by atoms with Crippen LogP contribution in [0.1, 0.15) is 23.4 Å². The van der Waals surface area contributed by atoms with Crippen molar-refractivity contribution >= 4 is 15.9 Å². The second kappa shape index (κ2) is 3.72. The fourth-order valence-corrected chi connectivity index (χ4v) is 0.929. The van der Waals surface area contributed by atoms with E-state index in [-0.39, 0.29) is 0 Å². The molecule has 0 spiro atoms. The van der Waals surface area contributed by atoms with Gasteiger partial charge in [0.15, 0.2) is 0 Å². The number of pyridine rings is 1. The normalized spacial score (nSPS) is 24.1. The van der Waals surface area contributed by atoms with Crippen molar-refractivity contribution < 1.29 is 15.7 Å². The lowest BCUT2D eigenvalue weighted by atomic mass is 10.2. The minimum absolute atomic E-state index is 0.313. The molecular formula is C8H10BrNO. The van der Waals surface area contributed by atoms with E-state index >= 15 is 0 Å². The Morgan fingerprint density at radius 1 is 1.91 bits per heavy atom. The Morgan fingerprint density at radius 2 is 2.82 bits per heavy atom. The van der Waals surface area contributed by atoms with E-state index in [1.807, 2.05) is 0 Å². The maximum Gasteiger partial charge on any atom is 0.216 e. The van der Waals surface area contributed by atoms with Gasteiger partial charge in [-0.1, -0.05) is 6.85 Å². The van der Waals surface area contributed by atoms with Crippen LogP contribution in [0, 0.1) is 0 Å². The molecule has 1 heterocycles. The van der Waals surface area contributed by atoms with Gasteiger partial charge < -0.3 is 4.74 Å². The third-order valence-electron chi connectivity index (χ3n) is 1.05. The Balaban J connectivity index is 3.37. The second-order valence-electron chi connectivity index (χ2n) is 1.73. The molecule has 0 aromatic carbocycles. The summed E-state index contributed by atoms with van der Waals surface area (Å²) in [6.07, 6.45) is -1.59. The third kappa shape index (κ3) is 1.93. The molecule has 0 aliphatic heterocycles. The van der Waals surface area contributed by atoms with Gasteiger partial charge in [-0.15, -0.1) is 0 Å². The van der Waals surface area contributed by atoms with Crippen LogP contribution in [-0.4, -0.2) is 12.0 Å². The van der Waals surface area contributed by atoms with Gasteiger partial charge >= 0.3 is 0 Å². The van der Waals surface area contributed by atoms with Crippen LogP contribution in [-0.2, 0) is 6.37 Å². The predicted octanol–water partition coefficient (Wildman–Crippen LogP) is 2.42. The van der Waals surface area contributed by atoms with Crippen molar-refractivity contribution in [3.8, 4) is 5.88 Å². The van der Waals surface area contributed by atoms with Gasteiger partial charge in [-0.3, -0.25) is 0 Å². The number of ether oxygens (including phenoxy) is 1. The molecule has 0 aliphatic carbocycles. The lowest BCUT2D eigenvalue weighted by Gasteiger charge is -2.04. The predicted molar refractivity (Wildman–Crippen MR) is 47.9 cm³/mol. The molecule has 0 fully saturated rings. The minimum Gasteiger partial charge on any atom is -0.481 e. The van der Waals surface area contributed by atoms with Gasteiger partial charge in [0.05, 0.1) is 11.2 Å². The highest BCUT2D eigenvalue weighted by Crippen LogP contribution is 2.19. The summed E-state index contributed by atoms with van der Waals surface area (Å²) < 4.78 is 62.6. The SMILES string of the molecule is [2H]C([2H])([2H])Oc1ncc(Br)cc1C([2H])([2H])C([2H])([2H])[2H]. The maximum absolute atomic E-state index is 7.64. The molecule has 11 heavy (non-hydrogen) atoms. The molecule has 1 rings (SSSR count). The molecular weight excluding hydrogens is 206 g/mol. The molecule has 0 radical (unpaired) electrons. The summed E-state index contributed by atoms with van der Waals surface area (Å²) in [5, 5.41) is 0. The monoisotopic (exact) mass is 223 g/mol. The quantitative estimate of drug-likeness (QED) is 0.769. The Kier molecular flexibility index (Phi) is 0.922. The fourth-order valence-electron chi connectivity index (χ4n) is 0.598. The average molecular weight is 224 g/mol. The first-order valence-corrected chi connectivity index (χ1v) is 3.49. The topological polar surface area (TPSA) is 22.1 Å². The molecule has 0 saturated heterocycles. The van der Waals surface area contributed by atoms with Crippen LogP contribution in [0.4, 0.5) is 0 Å². The first-order chi connectivity index (χ1) is 8.34. The molecule has 0 atom stereocenters. The Bertz CT molecular complexity index is 469. The Labute approximate surface area is 86.0 Å². The zero-order chi connectivity index (χ0) is 15.1. The van der Waals surface area contributed by atoms with Gasteiger partial charge in [0.2, 0.25) is 5.88 Å². The van der Waals surface area contributed by atoms with Crippen molar-refractivity contribution in [2.45, 2.75) is 13.2 Å². The summed E-state index contributed by atoms with van der Waals surface area (Å²) in [5.41, 5.74) is -0.446. The highest BCUT2D eigenvalue weighted by Gasteiger charge is 2.01. The summed E-state index contributed by atoms with van der Waals surface area (Å²) in [6, 6.07) is 1.14. The number of aromatic nitrogens is 1. The second-order valence-corrected chi connectivity index (χ2v) is 2.65. The maximum atomic E-state index is 7.64. The zero-order valence-corrected chi connectivity index (χ0v) is 6.97. The van der Waals surface area contributed by atoms with Crippen molar-refractivity contribution in [3.63, 3.8) is 0 Å². The van der Waals surface area contributed by atoms with E-state index < -0.39 is 31.7 Å². The number of hydrogen-bond donors (Lipinski definition) is 0. The Morgan fingerprint density at radius 3 is 3.55 bits per heavy atom. The lowest BCUT2D eigenvalue weighted by Crippen LogP contribution is -1.93. The van der Waals surface area contributed by atoms with Crippen molar-refractivity contribution in [2.75, 3.05) is 7.04 Å². The van der Waals surface area contributed by atoms with Gasteiger partial charge in [0.25, 0.3) is 0 Å². The van der Waals surface area contributed by atoms with Crippen LogP contribution < -0.4 is 4.74 Å². The molecule has 0 aliphatic rings. The van der Waals surface area contributed by atoms with E-state index in [0.717, 1.165) is 6.07 Å². The van der Waals surface area contributed by atoms with Gasteiger partial charge in [0, 0.05) is 23.1 Å². The van der Waals surface area contributed by atoms with E-state index in [0.29, 0.717) is 4.47 Å². The number of halogens is 1. The smallest absolute Gasteiger partial charge is 0.216 e. The van der Waals surface area contributed by atoms with Gasteiger partial charge in [-0.2, -0.15) is 0 Å². The molecule has 3 heteroatoms. The van der Waals surface area contributed by atoms with E-state index in [1.165, 1.54) is 6.20 Å². The van der Waals surface area contributed by atoms with Gasteiger partial charge in [-0.05, 0) is 28.4 Å². The highest BCUT2D eigenvalue weighted by atomic mass is 79.9. The number of aryl methyl sites for hydroxylation is 1. The molecule has 0 bridgehead atoms. The molecule has 1 aromatic rings. The van der Waals surface area contributed by atoms with Crippen LogP contribution in [0.15, 0.2) is 16.7 Å². The summed E-state index contributed by atoms with van der Waals surface area (Å²) in [7, 11) is -2.85. The van der Waals surface area contributed by atoms with E-state index in [1.54, 1.807) is 0 Å². The zero-order valence-electron chi connectivity index (χ0n) is 13.4. The minimum atomic E-state index is -2.98. The molecule has 0 amide bonds. The van der Waals surface area contributed by atoms with Crippen LogP contribution in [0.3, 0.4) is 0 Å². The van der Waals surface area contributed by atoms with E-state index in [9.17, 15) is 0 Å². The molecule has 0 unspecified atom stereocenters. The molecule has 0 saturated carbocycles. The van der Waals surface area contributed by atoms with E-state index in [4.69, 9.17) is 11.0 Å². The molecule has 0 N–H and O–H groups in total. The molecule has 1 aromatic heterocycles. The van der Waals surface area contributed by atoms with Crippen LogP contribution in [0.2, 0.25) is 0 Å². The molecule has 2 nitrogen and oxygen atoms in total. The number of nitrogens with zero attached hydrogens (tertiary/aromatic N) is 1. The molecule has 60 valence electrons. The van der Waals surface area contributed by atoms with Crippen LogP contribution in [0.5, 0.6) is 5.88 Å². The van der Waals surface area contributed by atoms with Crippen molar-refractivity contribution in [1.82, 2.24) is 4.98 Å². The summed E-state index contributed by atoms with van der Waals surface area (Å²) in [4.78, 5) is 3.62. The van der Waals surface area contributed by atoms with E-state index in [2.05, 4.69) is 25.7 Å². The lowest BCUT2D eigenvalue weighted by molar-refractivity contribution is 0.393. The standard InChI is InChI=1S/C8H10BrNO/c1-3-6-4-7(9)5-10-8(6)11-2/h4-5H,3H2,1-2H3/i1D3,2D3,3D2. The van der Waals surface area contributed by atoms with Crippen LogP contribution >= 0.6 is 15.9 Å². The summed E-state index contributed by atoms with van der Waals surface area (Å²) in [5.74, 6) is -0.565. The summed E-state index contributed by atoms with van der Waals surface area (Å²) in [6.45, 7) is -2.98. The highest BCUT2D eigenvalue weighted by molar-refractivity contribution is 9.10. The number of hydrogen-bond acceptors (Lipinski definition) is 2. The third-order valence-corrected chi connectivity index (χ3v) is 1.48.